The van der Waals surface area contributed by atoms with E-state index in [9.17, 15) is 15.0 Å². The molecule has 1 fully saturated rings. The van der Waals surface area contributed by atoms with E-state index in [4.69, 9.17) is 14.2 Å². The lowest BCUT2D eigenvalue weighted by Crippen LogP contribution is -2.50. The number of rotatable bonds is 4. The summed E-state index contributed by atoms with van der Waals surface area (Å²) in [7, 11) is 3.00. The lowest BCUT2D eigenvalue weighted by atomic mass is 9.71. The van der Waals surface area contributed by atoms with Crippen molar-refractivity contribution in [2.45, 2.75) is 23.5 Å². The third-order valence-corrected chi connectivity index (χ3v) is 6.45. The number of ether oxygens (including phenoxy) is 3. The van der Waals surface area contributed by atoms with Crippen LogP contribution in [0.3, 0.4) is 0 Å². The quantitative estimate of drug-likeness (QED) is 0.673. The van der Waals surface area contributed by atoms with E-state index in [1.165, 1.54) is 19.2 Å². The smallest absolute Gasteiger partial charge is 0.200 e. The van der Waals surface area contributed by atoms with Crippen molar-refractivity contribution in [1.29, 1.82) is 0 Å². The molecule has 0 bridgehead atoms. The van der Waals surface area contributed by atoms with Crippen molar-refractivity contribution >= 4 is 5.78 Å². The summed E-state index contributed by atoms with van der Waals surface area (Å²) >= 11 is 0. The summed E-state index contributed by atoms with van der Waals surface area (Å²) < 4.78 is 17.2. The number of methoxy groups -OCH3 is 2. The monoisotopic (exact) mass is 418 g/mol. The zero-order valence-electron chi connectivity index (χ0n) is 17.2. The van der Waals surface area contributed by atoms with Crippen LogP contribution in [0.15, 0.2) is 66.7 Å². The fraction of sp³-hybridized carbons (Fsp3) is 0.240. The van der Waals surface area contributed by atoms with Gasteiger partial charge in [0, 0.05) is 30.0 Å². The van der Waals surface area contributed by atoms with Crippen molar-refractivity contribution in [3.63, 3.8) is 0 Å². The first-order valence-corrected chi connectivity index (χ1v) is 10.0. The Morgan fingerprint density at radius 2 is 1.71 bits per heavy atom. The first kappa shape index (κ1) is 19.5. The van der Waals surface area contributed by atoms with Crippen LogP contribution in [0.25, 0.3) is 0 Å². The number of phenolic OH excluding ortho intramolecular Hbond substituents is 1. The minimum absolute atomic E-state index is 0.0761. The third-order valence-electron chi connectivity index (χ3n) is 6.45. The fourth-order valence-electron chi connectivity index (χ4n) is 5.10. The number of phenols is 1. The van der Waals surface area contributed by atoms with Gasteiger partial charge in [-0.05, 0) is 17.7 Å². The summed E-state index contributed by atoms with van der Waals surface area (Å²) in [6.07, 6.45) is 0.0933. The first-order chi connectivity index (χ1) is 15.0. The zero-order valence-corrected chi connectivity index (χ0v) is 17.2. The maximum absolute atomic E-state index is 13.5. The summed E-state index contributed by atoms with van der Waals surface area (Å²) in [6, 6.07) is 19.5. The van der Waals surface area contributed by atoms with Crippen molar-refractivity contribution in [3.05, 3.63) is 83.4 Å². The van der Waals surface area contributed by atoms with Gasteiger partial charge in [-0.2, -0.15) is 0 Å². The van der Waals surface area contributed by atoms with Crippen molar-refractivity contribution in [1.82, 2.24) is 0 Å². The van der Waals surface area contributed by atoms with Crippen molar-refractivity contribution in [3.8, 4) is 23.0 Å². The molecule has 0 radical (unpaired) electrons. The molecule has 0 amide bonds. The summed E-state index contributed by atoms with van der Waals surface area (Å²) in [5, 5.41) is 22.3. The Kier molecular flexibility index (Phi) is 4.24. The van der Waals surface area contributed by atoms with Crippen molar-refractivity contribution in [2.24, 2.45) is 0 Å². The molecule has 0 aromatic heterocycles. The molecule has 0 spiro atoms. The standard InChI is InChI=1S/C25H22O6/c1-29-18-10-8-16(9-11-18)25-19(15-6-4-3-5-7-15)14-22(27)24(25,28)23-20(30-2)12-17(26)13-21(23)31-25/h3-13,19,26,28H,14H2,1-2H3/t19-,24+,25-/m0/s1. The number of Topliss-reactive ketones (excluding diaryl/α,β-unsaturated/α-hetero) is 1. The fourth-order valence-corrected chi connectivity index (χ4v) is 5.10. The van der Waals surface area contributed by atoms with Gasteiger partial charge in [0.15, 0.2) is 17.0 Å². The molecule has 1 aliphatic heterocycles. The number of aliphatic hydroxyl groups is 1. The number of hydrogen-bond acceptors (Lipinski definition) is 6. The summed E-state index contributed by atoms with van der Waals surface area (Å²) in [5.74, 6) is 0.181. The van der Waals surface area contributed by atoms with Crippen LogP contribution in [0, 0.1) is 0 Å². The molecule has 1 saturated carbocycles. The molecular weight excluding hydrogens is 396 g/mol. The molecule has 158 valence electrons. The SMILES string of the molecule is COc1ccc([C@@]23Oc4cc(O)cc(OC)c4[C@]2(O)C(=O)C[C@H]3c2ccccc2)cc1. The highest BCUT2D eigenvalue weighted by Crippen LogP contribution is 2.67. The van der Waals surface area contributed by atoms with Crippen LogP contribution in [0.1, 0.15) is 29.0 Å². The van der Waals surface area contributed by atoms with Crippen LogP contribution in [0.4, 0.5) is 0 Å². The maximum Gasteiger partial charge on any atom is 0.200 e. The highest BCUT2D eigenvalue weighted by atomic mass is 16.5. The van der Waals surface area contributed by atoms with Crippen LogP contribution in [0.2, 0.25) is 0 Å². The van der Waals surface area contributed by atoms with Crippen molar-refractivity contribution in [2.75, 3.05) is 14.2 Å². The zero-order chi connectivity index (χ0) is 21.8. The molecule has 6 nitrogen and oxygen atoms in total. The normalized spacial score (nSPS) is 26.2. The summed E-state index contributed by atoms with van der Waals surface area (Å²) in [5.41, 5.74) is -1.67. The molecule has 3 atom stereocenters. The van der Waals surface area contributed by atoms with Gasteiger partial charge in [-0.1, -0.05) is 42.5 Å². The molecule has 0 saturated heterocycles. The number of carbonyl (C=O) groups is 1. The second-order valence-electron chi connectivity index (χ2n) is 7.89. The molecule has 2 aliphatic rings. The molecular formula is C25H22O6. The van der Waals surface area contributed by atoms with E-state index in [1.54, 1.807) is 31.4 Å². The lowest BCUT2D eigenvalue weighted by Gasteiger charge is -2.39. The average Bonchev–Trinajstić information content (AvgIpc) is 3.19. The molecule has 1 heterocycles. The van der Waals surface area contributed by atoms with Gasteiger partial charge in [-0.3, -0.25) is 4.79 Å². The summed E-state index contributed by atoms with van der Waals surface area (Å²) in [6.45, 7) is 0. The Morgan fingerprint density at radius 1 is 1.00 bits per heavy atom. The average molecular weight is 418 g/mol. The van der Waals surface area contributed by atoms with E-state index in [1.807, 2.05) is 30.3 Å². The van der Waals surface area contributed by atoms with Gasteiger partial charge in [0.1, 0.15) is 23.0 Å². The van der Waals surface area contributed by atoms with E-state index < -0.39 is 17.1 Å². The van der Waals surface area contributed by atoms with Crippen LogP contribution < -0.4 is 14.2 Å². The molecule has 5 rings (SSSR count). The number of ketones is 1. The van der Waals surface area contributed by atoms with Gasteiger partial charge in [0.25, 0.3) is 0 Å². The van der Waals surface area contributed by atoms with Gasteiger partial charge in [-0.25, -0.2) is 0 Å². The van der Waals surface area contributed by atoms with Gasteiger partial charge >= 0.3 is 0 Å². The minimum atomic E-state index is -1.99. The number of carbonyl (C=O) groups excluding carboxylic acids is 1. The second kappa shape index (κ2) is 6.75. The van der Waals surface area contributed by atoms with E-state index in [2.05, 4.69) is 0 Å². The Balaban J connectivity index is 1.82. The third kappa shape index (κ3) is 2.45. The van der Waals surface area contributed by atoms with Crippen LogP contribution in [0.5, 0.6) is 23.0 Å². The highest BCUT2D eigenvalue weighted by molar-refractivity contribution is 5.97. The second-order valence-corrected chi connectivity index (χ2v) is 7.89. The number of hydrogen-bond donors (Lipinski definition) is 2. The Bertz CT molecular complexity index is 1160. The van der Waals surface area contributed by atoms with E-state index in [0.717, 1.165) is 5.56 Å². The van der Waals surface area contributed by atoms with Gasteiger partial charge in [0.2, 0.25) is 0 Å². The molecule has 1 aliphatic carbocycles. The van der Waals surface area contributed by atoms with Gasteiger partial charge < -0.3 is 24.4 Å². The topological polar surface area (TPSA) is 85.2 Å². The van der Waals surface area contributed by atoms with Crippen LogP contribution in [-0.4, -0.2) is 30.2 Å². The predicted molar refractivity (Wildman–Crippen MR) is 113 cm³/mol. The Hall–Kier alpha value is -3.51. The molecule has 31 heavy (non-hydrogen) atoms. The Morgan fingerprint density at radius 3 is 2.35 bits per heavy atom. The van der Waals surface area contributed by atoms with Crippen LogP contribution in [-0.2, 0) is 16.0 Å². The molecule has 6 heteroatoms. The largest absolute Gasteiger partial charge is 0.508 e. The number of benzene rings is 3. The molecule has 0 unspecified atom stereocenters. The van der Waals surface area contributed by atoms with Crippen LogP contribution >= 0.6 is 0 Å². The van der Waals surface area contributed by atoms with Crippen molar-refractivity contribution < 1.29 is 29.2 Å². The van der Waals surface area contributed by atoms with E-state index in [0.29, 0.717) is 11.3 Å². The maximum atomic E-state index is 13.5. The predicted octanol–water partition coefficient (Wildman–Crippen LogP) is 3.64. The molecule has 2 N–H and O–H groups in total. The van der Waals surface area contributed by atoms with Gasteiger partial charge in [0.05, 0.1) is 19.8 Å². The minimum Gasteiger partial charge on any atom is -0.508 e. The van der Waals surface area contributed by atoms with Gasteiger partial charge in [-0.15, -0.1) is 0 Å². The molecule has 3 aromatic carbocycles. The van der Waals surface area contributed by atoms with E-state index >= 15 is 0 Å². The lowest BCUT2D eigenvalue weighted by molar-refractivity contribution is -0.151. The molecule has 3 aromatic rings. The van der Waals surface area contributed by atoms with E-state index in [-0.39, 0.29) is 35.0 Å². The summed E-state index contributed by atoms with van der Waals surface area (Å²) in [4.78, 5) is 13.5. The number of aromatic hydroxyl groups is 1. The first-order valence-electron chi connectivity index (χ1n) is 10.0. The Labute approximate surface area is 179 Å². The highest BCUT2D eigenvalue weighted by Gasteiger charge is 2.74. The number of fused-ring (bicyclic) bond motifs is 3.